The lowest BCUT2D eigenvalue weighted by molar-refractivity contribution is 0.0929. The van der Waals surface area contributed by atoms with Crippen molar-refractivity contribution in [2.24, 2.45) is 5.92 Å². The fourth-order valence-corrected chi connectivity index (χ4v) is 4.79. The van der Waals surface area contributed by atoms with E-state index in [4.69, 9.17) is 4.74 Å². The summed E-state index contributed by atoms with van der Waals surface area (Å²) >= 11 is 0. The minimum Gasteiger partial charge on any atom is -0.457 e. The number of hydrogen-bond acceptors (Lipinski definition) is 4. The van der Waals surface area contributed by atoms with Gasteiger partial charge in [-0.25, -0.2) is 4.39 Å². The Labute approximate surface area is 186 Å². The van der Waals surface area contributed by atoms with E-state index in [1.807, 2.05) is 36.4 Å². The Kier molecular flexibility index (Phi) is 5.24. The summed E-state index contributed by atoms with van der Waals surface area (Å²) in [5, 5.41) is 12.4. The zero-order valence-corrected chi connectivity index (χ0v) is 17.4. The second kappa shape index (κ2) is 8.35. The van der Waals surface area contributed by atoms with Crippen LogP contribution in [-0.4, -0.2) is 29.4 Å². The molecule has 3 aromatic rings. The number of likely N-dealkylation sites (tertiary alicyclic amines) is 1. The van der Waals surface area contributed by atoms with Gasteiger partial charge in [0.25, 0.3) is 5.91 Å². The van der Waals surface area contributed by atoms with Gasteiger partial charge in [-0.05, 0) is 66.8 Å². The van der Waals surface area contributed by atoms with Crippen LogP contribution in [0.1, 0.15) is 23.2 Å². The second-order valence-corrected chi connectivity index (χ2v) is 8.29. The fourth-order valence-electron chi connectivity index (χ4n) is 4.79. The third-order valence-electron chi connectivity index (χ3n) is 6.40. The summed E-state index contributed by atoms with van der Waals surface area (Å²) in [6.07, 6.45) is 4.25. The molecule has 6 heteroatoms. The van der Waals surface area contributed by atoms with E-state index < -0.39 is 0 Å². The lowest BCUT2D eigenvalue weighted by Crippen LogP contribution is -2.42. The maximum atomic E-state index is 13.2. The minimum absolute atomic E-state index is 0.0339. The predicted molar refractivity (Wildman–Crippen MR) is 118 cm³/mol. The molecule has 1 heterocycles. The number of benzene rings is 3. The van der Waals surface area contributed by atoms with Gasteiger partial charge in [-0.15, -0.1) is 0 Å². The van der Waals surface area contributed by atoms with Crippen molar-refractivity contribution in [1.29, 1.82) is 5.26 Å². The van der Waals surface area contributed by atoms with Gasteiger partial charge in [-0.1, -0.05) is 30.3 Å². The summed E-state index contributed by atoms with van der Waals surface area (Å²) < 4.78 is 19.1. The SMILES string of the molecule is N#CN1CC2CCC1[C@@H]2NC(=O)c1ccc(-c2ccccc2Oc2ccc(F)cc2)cc1. The van der Waals surface area contributed by atoms with Gasteiger partial charge < -0.3 is 15.0 Å². The Bertz CT molecular complexity index is 1170. The molecule has 3 aromatic carbocycles. The van der Waals surface area contributed by atoms with Gasteiger partial charge in [0.2, 0.25) is 0 Å². The fraction of sp³-hybridized carbons (Fsp3) is 0.231. The van der Waals surface area contributed by atoms with Crippen LogP contribution in [0, 0.1) is 23.2 Å². The molecule has 1 aliphatic carbocycles. The molecule has 2 fully saturated rings. The molecule has 2 aliphatic rings. The number of piperidine rings is 1. The Morgan fingerprint density at radius 2 is 1.78 bits per heavy atom. The van der Waals surface area contributed by atoms with E-state index in [0.29, 0.717) is 23.0 Å². The Balaban J connectivity index is 1.32. The van der Waals surface area contributed by atoms with E-state index >= 15 is 0 Å². The van der Waals surface area contributed by atoms with Gasteiger partial charge in [0.1, 0.15) is 17.3 Å². The molecule has 1 amide bonds. The lowest BCUT2D eigenvalue weighted by atomic mass is 10.0. The maximum Gasteiger partial charge on any atom is 0.251 e. The monoisotopic (exact) mass is 427 g/mol. The number of nitrogens with one attached hydrogen (secondary N) is 1. The maximum absolute atomic E-state index is 13.2. The van der Waals surface area contributed by atoms with Crippen molar-refractivity contribution in [3.05, 3.63) is 84.2 Å². The van der Waals surface area contributed by atoms with Crippen LogP contribution in [-0.2, 0) is 0 Å². The smallest absolute Gasteiger partial charge is 0.251 e. The average Bonchev–Trinajstić information content (AvgIpc) is 3.37. The Hall–Kier alpha value is -3.85. The molecule has 5 rings (SSSR count). The second-order valence-electron chi connectivity index (χ2n) is 8.29. The highest BCUT2D eigenvalue weighted by Crippen LogP contribution is 2.38. The van der Waals surface area contributed by atoms with E-state index in [1.165, 1.54) is 12.1 Å². The molecular weight excluding hydrogens is 405 g/mol. The Morgan fingerprint density at radius 3 is 2.50 bits per heavy atom. The van der Waals surface area contributed by atoms with Crippen molar-refractivity contribution in [2.75, 3.05) is 6.54 Å². The van der Waals surface area contributed by atoms with Crippen molar-refractivity contribution < 1.29 is 13.9 Å². The van der Waals surface area contributed by atoms with Crippen molar-refractivity contribution in [2.45, 2.75) is 24.9 Å². The van der Waals surface area contributed by atoms with Crippen LogP contribution < -0.4 is 10.1 Å². The molecular formula is C26H22FN3O2. The van der Waals surface area contributed by atoms with Crippen molar-refractivity contribution in [1.82, 2.24) is 10.2 Å². The molecule has 32 heavy (non-hydrogen) atoms. The zero-order valence-electron chi connectivity index (χ0n) is 17.4. The number of nitriles is 1. The number of hydrogen-bond donors (Lipinski definition) is 1. The molecule has 2 unspecified atom stereocenters. The summed E-state index contributed by atoms with van der Waals surface area (Å²) in [4.78, 5) is 14.6. The van der Waals surface area contributed by atoms with Gasteiger partial charge >= 0.3 is 0 Å². The van der Waals surface area contributed by atoms with Crippen molar-refractivity contribution >= 4 is 5.91 Å². The number of nitrogens with zero attached hydrogens (tertiary/aromatic N) is 2. The topological polar surface area (TPSA) is 65.4 Å². The molecule has 0 aromatic heterocycles. The number of halogens is 1. The van der Waals surface area contributed by atoms with Crippen molar-refractivity contribution in [3.8, 4) is 28.8 Å². The molecule has 1 aliphatic heterocycles. The van der Waals surface area contributed by atoms with Gasteiger partial charge in [0.05, 0.1) is 12.1 Å². The third kappa shape index (κ3) is 3.78. The summed E-state index contributed by atoms with van der Waals surface area (Å²) in [5.41, 5.74) is 2.37. The highest BCUT2D eigenvalue weighted by Gasteiger charge is 2.47. The molecule has 1 saturated carbocycles. The highest BCUT2D eigenvalue weighted by atomic mass is 19.1. The first kappa shape index (κ1) is 20.1. The molecule has 0 radical (unpaired) electrons. The Morgan fingerprint density at radius 1 is 1.03 bits per heavy atom. The molecule has 1 N–H and O–H groups in total. The van der Waals surface area contributed by atoms with Crippen LogP contribution in [0.25, 0.3) is 11.1 Å². The number of ether oxygens (including phenoxy) is 1. The van der Waals surface area contributed by atoms with Gasteiger partial charge in [0, 0.05) is 17.7 Å². The van der Waals surface area contributed by atoms with E-state index in [9.17, 15) is 14.4 Å². The lowest BCUT2D eigenvalue weighted by Gasteiger charge is -2.21. The number of carbonyl (C=O) groups excluding carboxylic acids is 1. The zero-order chi connectivity index (χ0) is 22.1. The summed E-state index contributed by atoms with van der Waals surface area (Å²) in [6, 6.07) is 21.0. The number of rotatable bonds is 5. The van der Waals surface area contributed by atoms with Gasteiger partial charge in [0.15, 0.2) is 6.19 Å². The van der Waals surface area contributed by atoms with Gasteiger partial charge in [-0.2, -0.15) is 5.26 Å². The predicted octanol–water partition coefficient (Wildman–Crippen LogP) is 4.96. The number of para-hydroxylation sites is 1. The molecule has 160 valence electrons. The standard InChI is InChI=1S/C26H22FN3O2/c27-20-10-12-21(13-11-20)32-24-4-2-1-3-22(24)17-5-7-18(8-6-17)26(31)29-25-19-9-14-23(25)30(15-19)16-28/h1-8,10-13,19,23,25H,9,14-15H2,(H,29,31)/t19?,23?,25-/m1/s1. The number of carbonyl (C=O) groups is 1. The number of amides is 1. The van der Waals surface area contributed by atoms with E-state index in [-0.39, 0.29) is 23.8 Å². The van der Waals surface area contributed by atoms with Crippen LogP contribution in [0.15, 0.2) is 72.8 Å². The average molecular weight is 427 g/mol. The summed E-state index contributed by atoms with van der Waals surface area (Å²) in [6.45, 7) is 0.732. The molecule has 0 spiro atoms. The highest BCUT2D eigenvalue weighted by molar-refractivity contribution is 5.95. The van der Waals surface area contributed by atoms with E-state index in [0.717, 1.165) is 30.5 Å². The first-order valence-corrected chi connectivity index (χ1v) is 10.7. The first-order chi connectivity index (χ1) is 15.6. The van der Waals surface area contributed by atoms with Crippen molar-refractivity contribution in [3.63, 3.8) is 0 Å². The minimum atomic E-state index is -0.314. The summed E-state index contributed by atoms with van der Waals surface area (Å²) in [7, 11) is 0. The van der Waals surface area contributed by atoms with Crippen LogP contribution in [0.4, 0.5) is 4.39 Å². The van der Waals surface area contributed by atoms with Crippen LogP contribution in [0.5, 0.6) is 11.5 Å². The van der Waals surface area contributed by atoms with Gasteiger partial charge in [-0.3, -0.25) is 4.79 Å². The normalized spacial score (nSPS) is 21.2. The van der Waals surface area contributed by atoms with Crippen LogP contribution in [0.3, 0.4) is 0 Å². The third-order valence-corrected chi connectivity index (χ3v) is 6.40. The molecule has 2 bridgehead atoms. The van der Waals surface area contributed by atoms with Crippen LogP contribution in [0.2, 0.25) is 0 Å². The summed E-state index contributed by atoms with van der Waals surface area (Å²) in [5.74, 6) is 1.11. The van der Waals surface area contributed by atoms with E-state index in [1.54, 1.807) is 29.2 Å². The van der Waals surface area contributed by atoms with Crippen LogP contribution >= 0.6 is 0 Å². The quantitative estimate of drug-likeness (QED) is 0.585. The molecule has 1 saturated heterocycles. The molecule has 3 atom stereocenters. The number of fused-ring (bicyclic) bond motifs is 2. The molecule has 5 nitrogen and oxygen atoms in total. The van der Waals surface area contributed by atoms with E-state index in [2.05, 4.69) is 11.5 Å². The first-order valence-electron chi connectivity index (χ1n) is 10.7. The largest absolute Gasteiger partial charge is 0.457 e.